The highest BCUT2D eigenvalue weighted by atomic mass is 16.3. The zero-order valence-corrected chi connectivity index (χ0v) is 11.2. The van der Waals surface area contributed by atoms with Gasteiger partial charge in [0, 0.05) is 19.3 Å². The van der Waals surface area contributed by atoms with Crippen LogP contribution in [0.3, 0.4) is 0 Å². The Hall–Kier alpha value is -1.62. The molecule has 1 aromatic rings. The molecule has 0 unspecified atom stereocenters. The van der Waals surface area contributed by atoms with Gasteiger partial charge >= 0.3 is 0 Å². The molecule has 0 aliphatic heterocycles. The van der Waals surface area contributed by atoms with Gasteiger partial charge in [-0.25, -0.2) is 4.98 Å². The fourth-order valence-electron chi connectivity index (χ4n) is 2.71. The van der Waals surface area contributed by atoms with Gasteiger partial charge in [-0.3, -0.25) is 4.99 Å². The minimum Gasteiger partial charge on any atom is -0.396 e. The van der Waals surface area contributed by atoms with Crippen LogP contribution < -0.4 is 11.1 Å². The second-order valence-electron chi connectivity index (χ2n) is 5.22. The summed E-state index contributed by atoms with van der Waals surface area (Å²) in [6.07, 6.45) is 7.24. The lowest BCUT2D eigenvalue weighted by atomic mass is 9.83. The van der Waals surface area contributed by atoms with Crippen LogP contribution in [0.1, 0.15) is 32.1 Å². The van der Waals surface area contributed by atoms with E-state index < -0.39 is 0 Å². The molecule has 1 aromatic heterocycles. The number of hydrogen-bond acceptors (Lipinski definition) is 3. The fraction of sp³-hybridized carbons (Fsp3) is 0.571. The smallest absolute Gasteiger partial charge is 0.194 e. The van der Waals surface area contributed by atoms with E-state index in [-0.39, 0.29) is 12.0 Å². The van der Waals surface area contributed by atoms with Gasteiger partial charge in [-0.15, -0.1) is 0 Å². The van der Waals surface area contributed by atoms with Crippen LogP contribution in [0, 0.1) is 5.41 Å². The van der Waals surface area contributed by atoms with Gasteiger partial charge in [0.2, 0.25) is 0 Å². The highest BCUT2D eigenvalue weighted by Gasteiger charge is 2.32. The molecule has 0 amide bonds. The summed E-state index contributed by atoms with van der Waals surface area (Å²) < 4.78 is 0. The fourth-order valence-corrected chi connectivity index (χ4v) is 2.71. The second-order valence-corrected chi connectivity index (χ2v) is 5.22. The van der Waals surface area contributed by atoms with Gasteiger partial charge in [0.05, 0.1) is 0 Å². The van der Waals surface area contributed by atoms with Crippen molar-refractivity contribution in [2.45, 2.75) is 32.1 Å². The predicted octanol–water partition coefficient (Wildman–Crippen LogP) is 1.75. The minimum atomic E-state index is 0.144. The highest BCUT2D eigenvalue weighted by Crippen LogP contribution is 2.41. The number of aliphatic hydroxyl groups is 1. The molecule has 0 aromatic carbocycles. The van der Waals surface area contributed by atoms with Crippen molar-refractivity contribution in [1.29, 1.82) is 0 Å². The van der Waals surface area contributed by atoms with Crippen LogP contribution in [0.25, 0.3) is 0 Å². The lowest BCUT2D eigenvalue weighted by Gasteiger charge is -2.26. The SMILES string of the molecule is NC(=NCC1(CCO)CCCC1)Nc1ccccn1. The van der Waals surface area contributed by atoms with Crippen molar-refractivity contribution in [2.24, 2.45) is 16.1 Å². The molecule has 0 radical (unpaired) electrons. The first kappa shape index (κ1) is 13.8. The molecular weight excluding hydrogens is 240 g/mol. The van der Waals surface area contributed by atoms with Crippen LogP contribution >= 0.6 is 0 Å². The number of guanidine groups is 1. The van der Waals surface area contributed by atoms with Crippen molar-refractivity contribution in [3.63, 3.8) is 0 Å². The Labute approximate surface area is 114 Å². The molecule has 2 rings (SSSR count). The van der Waals surface area contributed by atoms with E-state index in [2.05, 4.69) is 15.3 Å². The summed E-state index contributed by atoms with van der Waals surface area (Å²) in [5.41, 5.74) is 6.02. The number of aromatic nitrogens is 1. The summed E-state index contributed by atoms with van der Waals surface area (Å²) >= 11 is 0. The van der Waals surface area contributed by atoms with Crippen LogP contribution in [-0.4, -0.2) is 29.2 Å². The number of hydrogen-bond donors (Lipinski definition) is 3. The third kappa shape index (κ3) is 3.92. The minimum absolute atomic E-state index is 0.144. The van der Waals surface area contributed by atoms with E-state index in [0.717, 1.165) is 19.3 Å². The van der Waals surface area contributed by atoms with Crippen LogP contribution in [0.15, 0.2) is 29.4 Å². The van der Waals surface area contributed by atoms with Crippen molar-refractivity contribution >= 4 is 11.8 Å². The number of pyridine rings is 1. The molecule has 0 atom stereocenters. The molecule has 0 saturated heterocycles. The Kier molecular flexibility index (Phi) is 4.74. The van der Waals surface area contributed by atoms with Gasteiger partial charge in [0.25, 0.3) is 0 Å². The number of aliphatic hydroxyl groups excluding tert-OH is 1. The van der Waals surface area contributed by atoms with E-state index in [1.165, 1.54) is 12.8 Å². The van der Waals surface area contributed by atoms with Gasteiger partial charge in [-0.1, -0.05) is 18.9 Å². The third-order valence-corrected chi connectivity index (χ3v) is 3.81. The molecule has 0 spiro atoms. The van der Waals surface area contributed by atoms with Crippen molar-refractivity contribution in [1.82, 2.24) is 4.98 Å². The van der Waals surface area contributed by atoms with Gasteiger partial charge in [0.15, 0.2) is 5.96 Å². The Morgan fingerprint density at radius 3 is 2.84 bits per heavy atom. The van der Waals surface area contributed by atoms with E-state index in [9.17, 15) is 5.11 Å². The van der Waals surface area contributed by atoms with E-state index in [1.807, 2.05) is 18.2 Å². The topological polar surface area (TPSA) is 83.5 Å². The Balaban J connectivity index is 1.93. The molecular formula is C14H22N4O. The summed E-state index contributed by atoms with van der Waals surface area (Å²) in [6.45, 7) is 0.905. The summed E-state index contributed by atoms with van der Waals surface area (Å²) in [7, 11) is 0. The molecule has 1 aliphatic rings. The number of nitrogens with zero attached hydrogens (tertiary/aromatic N) is 2. The molecule has 1 aliphatic carbocycles. The largest absolute Gasteiger partial charge is 0.396 e. The van der Waals surface area contributed by atoms with Crippen molar-refractivity contribution < 1.29 is 5.11 Å². The zero-order valence-electron chi connectivity index (χ0n) is 11.2. The van der Waals surface area contributed by atoms with Crippen molar-refractivity contribution in [3.8, 4) is 0 Å². The molecule has 5 heteroatoms. The Morgan fingerprint density at radius 2 is 2.21 bits per heavy atom. The summed E-state index contributed by atoms with van der Waals surface area (Å²) in [5.74, 6) is 1.09. The molecule has 4 N–H and O–H groups in total. The van der Waals surface area contributed by atoms with Crippen molar-refractivity contribution in [2.75, 3.05) is 18.5 Å². The lowest BCUT2D eigenvalue weighted by Crippen LogP contribution is -2.28. The molecule has 5 nitrogen and oxygen atoms in total. The number of nitrogens with two attached hydrogens (primary N) is 1. The number of rotatable bonds is 5. The maximum atomic E-state index is 9.19. The molecule has 104 valence electrons. The van der Waals surface area contributed by atoms with Gasteiger partial charge in [0.1, 0.15) is 5.82 Å². The van der Waals surface area contributed by atoms with Crippen LogP contribution in [0.5, 0.6) is 0 Å². The highest BCUT2D eigenvalue weighted by molar-refractivity contribution is 5.91. The van der Waals surface area contributed by atoms with E-state index in [1.54, 1.807) is 6.20 Å². The summed E-state index contributed by atoms with van der Waals surface area (Å²) in [6, 6.07) is 5.60. The van der Waals surface area contributed by atoms with Gasteiger partial charge in [-0.05, 0) is 36.8 Å². The molecule has 0 bridgehead atoms. The van der Waals surface area contributed by atoms with Crippen LogP contribution in [-0.2, 0) is 0 Å². The first-order valence-electron chi connectivity index (χ1n) is 6.83. The van der Waals surface area contributed by atoms with Crippen LogP contribution in [0.2, 0.25) is 0 Å². The van der Waals surface area contributed by atoms with E-state index in [0.29, 0.717) is 18.3 Å². The lowest BCUT2D eigenvalue weighted by molar-refractivity contribution is 0.191. The Morgan fingerprint density at radius 1 is 1.42 bits per heavy atom. The molecule has 19 heavy (non-hydrogen) atoms. The average molecular weight is 262 g/mol. The maximum absolute atomic E-state index is 9.19. The monoisotopic (exact) mass is 262 g/mol. The second kappa shape index (κ2) is 6.52. The average Bonchev–Trinajstić information content (AvgIpc) is 2.87. The normalized spacial score (nSPS) is 18.5. The van der Waals surface area contributed by atoms with E-state index in [4.69, 9.17) is 5.73 Å². The first-order valence-corrected chi connectivity index (χ1v) is 6.83. The molecule has 1 heterocycles. The first-order chi connectivity index (χ1) is 9.24. The van der Waals surface area contributed by atoms with Gasteiger partial charge in [-0.2, -0.15) is 0 Å². The number of aliphatic imine (C=N–C) groups is 1. The number of nitrogens with one attached hydrogen (secondary N) is 1. The third-order valence-electron chi connectivity index (χ3n) is 3.81. The predicted molar refractivity (Wildman–Crippen MR) is 77.0 cm³/mol. The molecule has 1 saturated carbocycles. The van der Waals surface area contributed by atoms with Crippen molar-refractivity contribution in [3.05, 3.63) is 24.4 Å². The molecule has 1 fully saturated rings. The standard InChI is InChI=1S/C14H22N4O/c15-13(18-12-5-1-4-9-16-12)17-11-14(8-10-19)6-2-3-7-14/h1,4-5,9,19H,2-3,6-8,10-11H2,(H3,15,16,17,18). The Bertz CT molecular complexity index is 413. The quantitative estimate of drug-likeness (QED) is 0.557. The summed E-state index contributed by atoms with van der Waals surface area (Å²) in [5, 5.41) is 12.2. The summed E-state index contributed by atoms with van der Waals surface area (Å²) in [4.78, 5) is 8.56. The van der Waals surface area contributed by atoms with E-state index >= 15 is 0 Å². The van der Waals surface area contributed by atoms with Gasteiger partial charge < -0.3 is 16.2 Å². The number of anilines is 1. The maximum Gasteiger partial charge on any atom is 0.194 e. The van der Waals surface area contributed by atoms with Crippen LogP contribution in [0.4, 0.5) is 5.82 Å². The zero-order chi connectivity index (χ0) is 13.6.